The number of aromatic nitrogens is 2. The topological polar surface area (TPSA) is 90.0 Å². The third-order valence-electron chi connectivity index (χ3n) is 10.1. The molecule has 0 bridgehead atoms. The summed E-state index contributed by atoms with van der Waals surface area (Å²) in [5.74, 6) is 0.0189. The van der Waals surface area contributed by atoms with Crippen LogP contribution in [0, 0.1) is 19.8 Å². The molecule has 3 saturated heterocycles. The second kappa shape index (κ2) is 12.6. The molecular weight excluding hydrogens is 593 g/mol. The number of likely N-dealkylation sites (tertiary alicyclic amines) is 1. The predicted molar refractivity (Wildman–Crippen MR) is 161 cm³/mol. The Labute approximate surface area is 258 Å². The third-order valence-corrected chi connectivity index (χ3v) is 11.7. The van der Waals surface area contributed by atoms with Crippen molar-refractivity contribution in [2.24, 2.45) is 5.92 Å². The summed E-state index contributed by atoms with van der Waals surface area (Å²) < 4.78 is 64.3. The lowest BCUT2D eigenvalue weighted by Gasteiger charge is -2.54. The van der Waals surface area contributed by atoms with Crippen molar-refractivity contribution in [2.45, 2.75) is 76.5 Å². The molecule has 9 nitrogen and oxygen atoms in total. The highest BCUT2D eigenvalue weighted by Gasteiger charge is 2.51. The summed E-state index contributed by atoms with van der Waals surface area (Å²) in [6, 6.07) is 10.2. The number of hydrogen-bond acceptors (Lipinski definition) is 7. The molecule has 0 saturated carbocycles. The maximum Gasteiger partial charge on any atom is 0.511 e. The standard InChI is InChI=1S/C31H43F3N6O3S/c1-22-20-38(30(4)12-16-37(17-13-30)29(41)27-23(2)35-21-36-24(27)3)18-19-40(22)28(25-8-6-5-7-9-25)26-10-14-39(15-11-26)44(42,43)31(32,33)34/h5-9,21-22,26,28H,10-20H2,1-4H3/t22-,28-/m0/s1. The number of piperazine rings is 1. The van der Waals surface area contributed by atoms with Gasteiger partial charge in [-0.15, -0.1) is 0 Å². The van der Waals surface area contributed by atoms with Crippen LogP contribution in [-0.2, 0) is 10.0 Å². The Morgan fingerprint density at radius 3 is 2.09 bits per heavy atom. The molecular formula is C31H43F3N6O3S. The Morgan fingerprint density at radius 2 is 1.55 bits per heavy atom. The van der Waals surface area contributed by atoms with Crippen LogP contribution in [0.4, 0.5) is 13.2 Å². The summed E-state index contributed by atoms with van der Waals surface area (Å²) in [6.45, 7) is 11.7. The van der Waals surface area contributed by atoms with Gasteiger partial charge in [0.05, 0.1) is 17.0 Å². The third kappa shape index (κ3) is 6.38. The molecule has 0 N–H and O–H groups in total. The molecule has 3 aliphatic rings. The fourth-order valence-corrected chi connectivity index (χ4v) is 8.39. The van der Waals surface area contributed by atoms with E-state index < -0.39 is 15.5 Å². The SMILES string of the molecule is Cc1ncnc(C)c1C(=O)N1CCC(C)(N2CCN([C@@H](c3ccccc3)C3CCN(S(=O)(=O)C(F)(F)F)CC3)[C@@H](C)C2)CC1. The van der Waals surface area contributed by atoms with Gasteiger partial charge in [-0.3, -0.25) is 14.6 Å². The number of carbonyl (C=O) groups is 1. The van der Waals surface area contributed by atoms with Gasteiger partial charge in [0.1, 0.15) is 6.33 Å². The Balaban J connectivity index is 1.25. The van der Waals surface area contributed by atoms with Gasteiger partial charge in [-0.25, -0.2) is 18.4 Å². The highest BCUT2D eigenvalue weighted by Crippen LogP contribution is 2.41. The van der Waals surface area contributed by atoms with Crippen LogP contribution in [-0.4, -0.2) is 106 Å². The molecule has 0 unspecified atom stereocenters. The average molecular weight is 637 g/mol. The van der Waals surface area contributed by atoms with E-state index >= 15 is 0 Å². The molecule has 1 aromatic carbocycles. The van der Waals surface area contributed by atoms with E-state index in [-0.39, 0.29) is 42.5 Å². The van der Waals surface area contributed by atoms with Gasteiger partial charge in [0.15, 0.2) is 0 Å². The van der Waals surface area contributed by atoms with E-state index in [9.17, 15) is 26.4 Å². The summed E-state index contributed by atoms with van der Waals surface area (Å²) in [4.78, 5) is 28.7. The summed E-state index contributed by atoms with van der Waals surface area (Å²) >= 11 is 0. The van der Waals surface area contributed by atoms with E-state index in [0.29, 0.717) is 47.2 Å². The van der Waals surface area contributed by atoms with E-state index in [1.807, 2.05) is 36.9 Å². The first kappa shape index (κ1) is 32.8. The Bertz CT molecular complexity index is 1400. The van der Waals surface area contributed by atoms with E-state index in [2.05, 4.69) is 45.7 Å². The van der Waals surface area contributed by atoms with Gasteiger partial charge < -0.3 is 4.90 Å². The number of aryl methyl sites for hydroxylation is 2. The maximum absolute atomic E-state index is 13.3. The van der Waals surface area contributed by atoms with E-state index in [4.69, 9.17) is 0 Å². The fourth-order valence-electron chi connectivity index (χ4n) is 7.41. The molecule has 2 aromatic rings. The van der Waals surface area contributed by atoms with Crippen molar-refractivity contribution in [2.75, 3.05) is 45.8 Å². The molecule has 1 amide bonds. The van der Waals surface area contributed by atoms with Crippen LogP contribution in [0.5, 0.6) is 0 Å². The minimum absolute atomic E-state index is 0.0133. The lowest BCUT2D eigenvalue weighted by molar-refractivity contribution is -0.0526. The molecule has 0 radical (unpaired) electrons. The molecule has 4 heterocycles. The molecule has 0 aliphatic carbocycles. The molecule has 44 heavy (non-hydrogen) atoms. The molecule has 0 spiro atoms. The zero-order chi connectivity index (χ0) is 31.9. The van der Waals surface area contributed by atoms with Gasteiger partial charge in [0.2, 0.25) is 0 Å². The van der Waals surface area contributed by atoms with Crippen molar-refractivity contribution in [3.05, 3.63) is 59.2 Å². The molecule has 2 atom stereocenters. The number of rotatable bonds is 6. The van der Waals surface area contributed by atoms with Crippen molar-refractivity contribution < 1.29 is 26.4 Å². The van der Waals surface area contributed by atoms with Gasteiger partial charge in [0, 0.05) is 63.4 Å². The number of sulfonamides is 1. The van der Waals surface area contributed by atoms with Crippen molar-refractivity contribution >= 4 is 15.9 Å². The van der Waals surface area contributed by atoms with Crippen LogP contribution in [0.3, 0.4) is 0 Å². The number of alkyl halides is 3. The van der Waals surface area contributed by atoms with E-state index in [1.165, 1.54) is 6.33 Å². The molecule has 1 aromatic heterocycles. The van der Waals surface area contributed by atoms with Crippen LogP contribution in [0.1, 0.15) is 72.9 Å². The summed E-state index contributed by atoms with van der Waals surface area (Å²) in [5.41, 5.74) is -2.25. The van der Waals surface area contributed by atoms with Crippen LogP contribution >= 0.6 is 0 Å². The van der Waals surface area contributed by atoms with Crippen molar-refractivity contribution in [3.63, 3.8) is 0 Å². The van der Waals surface area contributed by atoms with Gasteiger partial charge >= 0.3 is 15.5 Å². The fraction of sp³-hybridized carbons (Fsp3) is 0.645. The largest absolute Gasteiger partial charge is 0.511 e. The Hall–Kier alpha value is -2.61. The molecule has 3 aliphatic heterocycles. The Kier molecular flexibility index (Phi) is 9.42. The highest BCUT2D eigenvalue weighted by molar-refractivity contribution is 7.90. The lowest BCUT2D eigenvalue weighted by Crippen LogP contribution is -2.63. The van der Waals surface area contributed by atoms with Gasteiger partial charge in [-0.05, 0) is 64.9 Å². The molecule has 242 valence electrons. The Morgan fingerprint density at radius 1 is 0.955 bits per heavy atom. The minimum Gasteiger partial charge on any atom is -0.338 e. The van der Waals surface area contributed by atoms with E-state index in [1.54, 1.807) is 0 Å². The first-order valence-corrected chi connectivity index (χ1v) is 16.9. The number of hydrogen-bond donors (Lipinski definition) is 0. The second-order valence-electron chi connectivity index (χ2n) is 12.8. The first-order chi connectivity index (χ1) is 20.7. The van der Waals surface area contributed by atoms with Crippen LogP contribution < -0.4 is 0 Å². The maximum atomic E-state index is 13.3. The lowest BCUT2D eigenvalue weighted by atomic mass is 9.82. The second-order valence-corrected chi connectivity index (χ2v) is 14.7. The zero-order valence-corrected chi connectivity index (χ0v) is 26.7. The first-order valence-electron chi connectivity index (χ1n) is 15.4. The van der Waals surface area contributed by atoms with Gasteiger partial charge in [0.25, 0.3) is 5.91 Å². The molecule has 13 heteroatoms. The number of nitrogens with zero attached hydrogens (tertiary/aromatic N) is 6. The molecule has 5 rings (SSSR count). The quantitative estimate of drug-likeness (QED) is 0.465. The minimum atomic E-state index is -5.32. The van der Waals surface area contributed by atoms with Crippen LogP contribution in [0.15, 0.2) is 36.7 Å². The molecule has 3 fully saturated rings. The van der Waals surface area contributed by atoms with E-state index in [0.717, 1.165) is 38.0 Å². The number of carbonyl (C=O) groups excluding carboxylic acids is 1. The number of halogens is 3. The van der Waals surface area contributed by atoms with Crippen LogP contribution in [0.25, 0.3) is 0 Å². The highest BCUT2D eigenvalue weighted by atomic mass is 32.2. The van der Waals surface area contributed by atoms with Crippen molar-refractivity contribution in [1.82, 2.24) is 29.0 Å². The van der Waals surface area contributed by atoms with Crippen LogP contribution in [0.2, 0.25) is 0 Å². The van der Waals surface area contributed by atoms with Gasteiger partial charge in [-0.2, -0.15) is 17.5 Å². The average Bonchev–Trinajstić information content (AvgIpc) is 2.98. The summed E-state index contributed by atoms with van der Waals surface area (Å²) in [5, 5.41) is 0. The summed E-state index contributed by atoms with van der Waals surface area (Å²) in [7, 11) is -5.32. The smallest absolute Gasteiger partial charge is 0.338 e. The predicted octanol–water partition coefficient (Wildman–Crippen LogP) is 4.40. The number of amides is 1. The zero-order valence-electron chi connectivity index (χ0n) is 25.9. The number of piperidine rings is 2. The number of benzene rings is 1. The monoisotopic (exact) mass is 636 g/mol. The van der Waals surface area contributed by atoms with Gasteiger partial charge in [-0.1, -0.05) is 30.3 Å². The van der Waals surface area contributed by atoms with Crippen molar-refractivity contribution in [3.8, 4) is 0 Å². The summed E-state index contributed by atoms with van der Waals surface area (Å²) in [6.07, 6.45) is 3.93. The normalized spacial score (nSPS) is 23.9. The van der Waals surface area contributed by atoms with Crippen molar-refractivity contribution in [1.29, 1.82) is 0 Å².